The van der Waals surface area contributed by atoms with Gasteiger partial charge in [0.25, 0.3) is 0 Å². The Morgan fingerprint density at radius 3 is 2.76 bits per heavy atom. The van der Waals surface area contributed by atoms with Gasteiger partial charge in [-0.15, -0.1) is 0 Å². The molecule has 1 aromatic rings. The van der Waals surface area contributed by atoms with E-state index < -0.39 is 0 Å². The van der Waals surface area contributed by atoms with E-state index in [1.807, 2.05) is 6.92 Å². The lowest BCUT2D eigenvalue weighted by Gasteiger charge is -2.15. The molecule has 0 aliphatic heterocycles. The van der Waals surface area contributed by atoms with Crippen molar-refractivity contribution in [2.75, 3.05) is 0 Å². The van der Waals surface area contributed by atoms with Crippen molar-refractivity contribution in [1.29, 1.82) is 0 Å². The Labute approximate surface area is 111 Å². The van der Waals surface area contributed by atoms with Crippen molar-refractivity contribution in [2.45, 2.75) is 46.6 Å². The number of Topliss-reactive ketones (excluding diaryl/α,β-unsaturated/α-hetero) is 1. The lowest BCUT2D eigenvalue weighted by molar-refractivity contribution is -0.120. The number of hydrogen-bond acceptors (Lipinski definition) is 2. The van der Waals surface area contributed by atoms with Crippen molar-refractivity contribution in [3.05, 3.63) is 15.9 Å². The van der Waals surface area contributed by atoms with Crippen LogP contribution in [0.4, 0.5) is 0 Å². The molecule has 1 aliphatic carbocycles. The van der Waals surface area contributed by atoms with Crippen LogP contribution in [-0.4, -0.2) is 15.6 Å². The van der Waals surface area contributed by atoms with Crippen molar-refractivity contribution >= 4 is 21.7 Å². The minimum Gasteiger partial charge on any atom is -0.299 e. The van der Waals surface area contributed by atoms with E-state index in [2.05, 4.69) is 39.6 Å². The highest BCUT2D eigenvalue weighted by Gasteiger charge is 2.32. The normalized spacial score (nSPS) is 24.6. The average molecular weight is 299 g/mol. The van der Waals surface area contributed by atoms with Crippen LogP contribution in [0.15, 0.2) is 4.47 Å². The molecule has 1 aliphatic rings. The van der Waals surface area contributed by atoms with Crippen LogP contribution in [0.25, 0.3) is 0 Å². The van der Waals surface area contributed by atoms with Gasteiger partial charge in [-0.25, -0.2) is 0 Å². The summed E-state index contributed by atoms with van der Waals surface area (Å²) < 4.78 is 3.17. The maximum Gasteiger partial charge on any atom is 0.136 e. The van der Waals surface area contributed by atoms with Crippen molar-refractivity contribution in [3.63, 3.8) is 0 Å². The molecule has 0 saturated heterocycles. The molecule has 0 radical (unpaired) electrons. The summed E-state index contributed by atoms with van der Waals surface area (Å²) >= 11 is 3.62. The number of hydrogen-bond donors (Lipinski definition) is 0. The van der Waals surface area contributed by atoms with Gasteiger partial charge >= 0.3 is 0 Å². The summed E-state index contributed by atoms with van der Waals surface area (Å²) in [5, 5.41) is 4.50. The molecule has 2 unspecified atom stereocenters. The quantitative estimate of drug-likeness (QED) is 0.859. The fourth-order valence-electron chi connectivity index (χ4n) is 2.66. The fourth-order valence-corrected chi connectivity index (χ4v) is 3.11. The van der Waals surface area contributed by atoms with E-state index in [4.69, 9.17) is 0 Å². The van der Waals surface area contributed by atoms with Gasteiger partial charge in [0.05, 0.1) is 15.9 Å². The van der Waals surface area contributed by atoms with Gasteiger partial charge in [-0.3, -0.25) is 9.48 Å². The van der Waals surface area contributed by atoms with Gasteiger partial charge in [0.2, 0.25) is 0 Å². The van der Waals surface area contributed by atoms with Gasteiger partial charge in [0.1, 0.15) is 5.78 Å². The summed E-state index contributed by atoms with van der Waals surface area (Å²) in [5.74, 6) is 1.12. The third-order valence-electron chi connectivity index (χ3n) is 3.88. The Morgan fingerprint density at radius 1 is 1.53 bits per heavy atom. The van der Waals surface area contributed by atoms with Gasteiger partial charge in [0, 0.05) is 18.9 Å². The lowest BCUT2D eigenvalue weighted by atomic mass is 9.92. The van der Waals surface area contributed by atoms with E-state index in [-0.39, 0.29) is 5.92 Å². The molecule has 0 spiro atoms. The summed E-state index contributed by atoms with van der Waals surface area (Å²) in [7, 11) is 0. The number of halogens is 1. The average Bonchev–Trinajstić information content (AvgIpc) is 2.76. The molecule has 3 nitrogen and oxygen atoms in total. The molecule has 2 rings (SSSR count). The van der Waals surface area contributed by atoms with E-state index in [1.54, 1.807) is 0 Å². The van der Waals surface area contributed by atoms with Crippen LogP contribution in [0.2, 0.25) is 0 Å². The Bertz CT molecular complexity index is 439. The van der Waals surface area contributed by atoms with Crippen LogP contribution in [0.3, 0.4) is 0 Å². The van der Waals surface area contributed by atoms with E-state index >= 15 is 0 Å². The third kappa shape index (κ3) is 2.32. The van der Waals surface area contributed by atoms with E-state index in [0.717, 1.165) is 36.0 Å². The zero-order chi connectivity index (χ0) is 12.6. The Balaban J connectivity index is 2.21. The second-order valence-electron chi connectivity index (χ2n) is 4.92. The van der Waals surface area contributed by atoms with Crippen molar-refractivity contribution < 1.29 is 4.79 Å². The minimum absolute atomic E-state index is 0.211. The van der Waals surface area contributed by atoms with E-state index in [0.29, 0.717) is 11.7 Å². The summed E-state index contributed by atoms with van der Waals surface area (Å²) in [4.78, 5) is 11.6. The number of ketones is 1. The Morgan fingerprint density at radius 2 is 2.24 bits per heavy atom. The van der Waals surface area contributed by atoms with Crippen molar-refractivity contribution in [1.82, 2.24) is 9.78 Å². The number of carbonyl (C=O) groups excluding carboxylic acids is 1. The van der Waals surface area contributed by atoms with Gasteiger partial charge in [0.15, 0.2) is 0 Å². The zero-order valence-electron chi connectivity index (χ0n) is 10.7. The molecule has 0 amide bonds. The maximum atomic E-state index is 11.6. The first-order chi connectivity index (χ1) is 8.04. The van der Waals surface area contributed by atoms with Crippen LogP contribution in [-0.2, 0) is 17.8 Å². The van der Waals surface area contributed by atoms with Gasteiger partial charge in [-0.05, 0) is 48.5 Å². The second kappa shape index (κ2) is 4.92. The number of rotatable bonds is 3. The van der Waals surface area contributed by atoms with Crippen LogP contribution < -0.4 is 0 Å². The van der Waals surface area contributed by atoms with Crippen molar-refractivity contribution in [2.24, 2.45) is 11.8 Å². The molecule has 1 aromatic heterocycles. The topological polar surface area (TPSA) is 34.9 Å². The first-order valence-corrected chi connectivity index (χ1v) is 7.08. The zero-order valence-corrected chi connectivity index (χ0v) is 12.2. The van der Waals surface area contributed by atoms with Gasteiger partial charge < -0.3 is 0 Å². The summed E-state index contributed by atoms with van der Waals surface area (Å²) in [5.41, 5.74) is 2.29. The van der Waals surface area contributed by atoms with Gasteiger partial charge in [-0.1, -0.05) is 6.92 Å². The molecule has 0 N–H and O–H groups in total. The summed E-state index contributed by atoms with van der Waals surface area (Å²) in [6.07, 6.45) is 2.74. The SMILES string of the molecule is CCn1nc(C)c(Br)c1CC1CCC(=O)C1C. The van der Waals surface area contributed by atoms with Gasteiger partial charge in [-0.2, -0.15) is 5.10 Å². The monoisotopic (exact) mass is 298 g/mol. The van der Waals surface area contributed by atoms with Crippen molar-refractivity contribution in [3.8, 4) is 0 Å². The molecule has 17 heavy (non-hydrogen) atoms. The molecule has 0 bridgehead atoms. The minimum atomic E-state index is 0.211. The summed E-state index contributed by atoms with van der Waals surface area (Å²) in [6.45, 7) is 7.07. The third-order valence-corrected chi connectivity index (χ3v) is 4.92. The van der Waals surface area contributed by atoms with E-state index in [9.17, 15) is 4.79 Å². The number of carbonyl (C=O) groups is 1. The lowest BCUT2D eigenvalue weighted by Crippen LogP contribution is -2.15. The van der Waals surface area contributed by atoms with Crippen LogP contribution in [0, 0.1) is 18.8 Å². The Kier molecular flexibility index (Phi) is 3.71. The predicted octanol–water partition coefficient (Wildman–Crippen LogP) is 3.13. The van der Waals surface area contributed by atoms with Crippen LogP contribution in [0.1, 0.15) is 38.1 Å². The molecular weight excluding hydrogens is 280 g/mol. The molecule has 1 saturated carbocycles. The molecule has 1 fully saturated rings. The van der Waals surface area contributed by atoms with Crippen LogP contribution in [0.5, 0.6) is 0 Å². The predicted molar refractivity (Wildman–Crippen MR) is 70.9 cm³/mol. The number of aromatic nitrogens is 2. The number of nitrogens with zero attached hydrogens (tertiary/aromatic N) is 2. The molecule has 2 atom stereocenters. The molecule has 1 heterocycles. The smallest absolute Gasteiger partial charge is 0.136 e. The highest BCUT2D eigenvalue weighted by atomic mass is 79.9. The van der Waals surface area contributed by atoms with E-state index in [1.165, 1.54) is 5.69 Å². The molecule has 4 heteroatoms. The number of aryl methyl sites for hydroxylation is 2. The molecular formula is C13H19BrN2O. The molecule has 94 valence electrons. The largest absolute Gasteiger partial charge is 0.299 e. The molecule has 0 aromatic carbocycles. The first-order valence-electron chi connectivity index (χ1n) is 6.29. The fraction of sp³-hybridized carbons (Fsp3) is 0.692. The highest BCUT2D eigenvalue weighted by Crippen LogP contribution is 2.33. The Hall–Kier alpha value is -0.640. The van der Waals surface area contributed by atoms with Crippen LogP contribution >= 0.6 is 15.9 Å². The summed E-state index contributed by atoms with van der Waals surface area (Å²) in [6, 6.07) is 0. The first kappa shape index (κ1) is 12.8. The second-order valence-corrected chi connectivity index (χ2v) is 5.71. The maximum absolute atomic E-state index is 11.6. The highest BCUT2D eigenvalue weighted by molar-refractivity contribution is 9.10. The standard InChI is InChI=1S/C13H19BrN2O/c1-4-16-11(13(14)9(3)15-16)7-10-5-6-12(17)8(10)2/h8,10H,4-7H2,1-3H3.